The van der Waals surface area contributed by atoms with Gasteiger partial charge in [-0.05, 0) is 12.1 Å². The van der Waals surface area contributed by atoms with Crippen LogP contribution in [0, 0.1) is 11.6 Å². The van der Waals surface area contributed by atoms with Gasteiger partial charge in [0.1, 0.15) is 11.6 Å². The molecule has 0 bridgehead atoms. The van der Waals surface area contributed by atoms with E-state index in [0.29, 0.717) is 9.48 Å². The van der Waals surface area contributed by atoms with Crippen LogP contribution in [0.25, 0.3) is 0 Å². The van der Waals surface area contributed by atoms with Gasteiger partial charge in [-0.1, -0.05) is 15.9 Å². The molecule has 0 radical (unpaired) electrons. The van der Waals surface area contributed by atoms with Crippen LogP contribution in [0.5, 0.6) is 0 Å². The second-order valence-electron chi connectivity index (χ2n) is 3.43. The Hall–Kier alpha value is -0.850. The van der Waals surface area contributed by atoms with Crippen molar-refractivity contribution in [2.45, 2.75) is 12.5 Å². The van der Waals surface area contributed by atoms with E-state index in [2.05, 4.69) is 20.9 Å². The Morgan fingerprint density at radius 3 is 2.53 bits per heavy atom. The minimum absolute atomic E-state index is 0.104. The van der Waals surface area contributed by atoms with Gasteiger partial charge in [0.2, 0.25) is 0 Å². The van der Waals surface area contributed by atoms with Crippen molar-refractivity contribution in [1.82, 2.24) is 4.98 Å². The van der Waals surface area contributed by atoms with Gasteiger partial charge < -0.3 is 5.11 Å². The zero-order chi connectivity index (χ0) is 12.4. The van der Waals surface area contributed by atoms with E-state index >= 15 is 0 Å². The van der Waals surface area contributed by atoms with Crippen molar-refractivity contribution in [2.24, 2.45) is 0 Å². The number of halogens is 3. The molecule has 0 fully saturated rings. The van der Waals surface area contributed by atoms with Gasteiger partial charge in [0.05, 0.1) is 16.7 Å². The molecule has 0 saturated carbocycles. The molecule has 0 aliphatic carbocycles. The van der Waals surface area contributed by atoms with Gasteiger partial charge >= 0.3 is 0 Å². The standard InChI is InChI=1S/C11H8BrF2NOS/c12-6-3-7(13)11(8(14)4-6)9(16)5-10-15-1-2-17-10/h1-4,9,16H,5H2. The summed E-state index contributed by atoms with van der Waals surface area (Å²) in [6.07, 6.45) is 0.461. The average molecular weight is 320 g/mol. The van der Waals surface area contributed by atoms with Gasteiger partial charge in [-0.15, -0.1) is 11.3 Å². The van der Waals surface area contributed by atoms with E-state index in [0.717, 1.165) is 12.1 Å². The van der Waals surface area contributed by atoms with Crippen molar-refractivity contribution in [3.05, 3.63) is 50.4 Å². The van der Waals surface area contributed by atoms with Crippen LogP contribution in [-0.4, -0.2) is 10.1 Å². The zero-order valence-corrected chi connectivity index (χ0v) is 10.9. The molecular formula is C11H8BrF2NOS. The Balaban J connectivity index is 2.27. The minimum Gasteiger partial charge on any atom is -0.388 e. The minimum atomic E-state index is -1.23. The summed E-state index contributed by atoms with van der Waals surface area (Å²) in [6.45, 7) is 0. The molecule has 0 aliphatic heterocycles. The van der Waals surface area contributed by atoms with E-state index in [1.165, 1.54) is 11.3 Å². The molecule has 0 aliphatic rings. The number of aromatic nitrogens is 1. The molecule has 1 aromatic heterocycles. The number of hydrogen-bond donors (Lipinski definition) is 1. The van der Waals surface area contributed by atoms with Crippen LogP contribution in [0.1, 0.15) is 16.7 Å². The van der Waals surface area contributed by atoms with Gasteiger partial charge in [-0.2, -0.15) is 0 Å². The smallest absolute Gasteiger partial charge is 0.133 e. The summed E-state index contributed by atoms with van der Waals surface area (Å²) in [6, 6.07) is 2.26. The summed E-state index contributed by atoms with van der Waals surface area (Å²) >= 11 is 4.32. The highest BCUT2D eigenvalue weighted by Gasteiger charge is 2.20. The molecule has 1 atom stereocenters. The highest BCUT2D eigenvalue weighted by Crippen LogP contribution is 2.27. The molecule has 1 N–H and O–H groups in total. The van der Waals surface area contributed by atoms with E-state index in [4.69, 9.17) is 0 Å². The monoisotopic (exact) mass is 319 g/mol. The van der Waals surface area contributed by atoms with Crippen LogP contribution < -0.4 is 0 Å². The number of aliphatic hydroxyl groups excluding tert-OH is 1. The molecule has 17 heavy (non-hydrogen) atoms. The first-order chi connectivity index (χ1) is 8.08. The fourth-order valence-electron chi connectivity index (χ4n) is 1.49. The molecular weight excluding hydrogens is 312 g/mol. The SMILES string of the molecule is OC(Cc1nccs1)c1c(F)cc(Br)cc1F. The van der Waals surface area contributed by atoms with Crippen molar-refractivity contribution in [2.75, 3.05) is 0 Å². The second kappa shape index (κ2) is 5.20. The predicted octanol–water partition coefficient (Wildman–Crippen LogP) is 3.46. The maximum atomic E-state index is 13.5. The Morgan fingerprint density at radius 1 is 1.35 bits per heavy atom. The molecule has 0 saturated heterocycles. The number of benzene rings is 1. The lowest BCUT2D eigenvalue weighted by Crippen LogP contribution is -2.07. The first-order valence-electron chi connectivity index (χ1n) is 4.79. The molecule has 1 aromatic carbocycles. The van der Waals surface area contributed by atoms with Gasteiger partial charge in [0.25, 0.3) is 0 Å². The van der Waals surface area contributed by atoms with Gasteiger partial charge in [-0.25, -0.2) is 13.8 Å². The first-order valence-corrected chi connectivity index (χ1v) is 6.46. The topological polar surface area (TPSA) is 33.1 Å². The summed E-state index contributed by atoms with van der Waals surface area (Å²) in [5, 5.41) is 12.2. The van der Waals surface area contributed by atoms with Crippen LogP contribution in [0.4, 0.5) is 8.78 Å². The lowest BCUT2D eigenvalue weighted by Gasteiger charge is -2.11. The molecule has 1 heterocycles. The largest absolute Gasteiger partial charge is 0.388 e. The van der Waals surface area contributed by atoms with E-state index in [1.807, 2.05) is 0 Å². The molecule has 90 valence electrons. The fourth-order valence-corrected chi connectivity index (χ4v) is 2.55. The summed E-state index contributed by atoms with van der Waals surface area (Å²) in [5.74, 6) is -1.53. The third kappa shape index (κ3) is 2.88. The Morgan fingerprint density at radius 2 is 2.00 bits per heavy atom. The first kappa shape index (κ1) is 12.6. The highest BCUT2D eigenvalue weighted by molar-refractivity contribution is 9.10. The predicted molar refractivity (Wildman–Crippen MR) is 64.8 cm³/mol. The molecule has 2 aromatic rings. The highest BCUT2D eigenvalue weighted by atomic mass is 79.9. The van der Waals surface area contributed by atoms with Crippen LogP contribution in [0.15, 0.2) is 28.2 Å². The van der Waals surface area contributed by atoms with Gasteiger partial charge in [0, 0.05) is 22.5 Å². The van der Waals surface area contributed by atoms with E-state index in [-0.39, 0.29) is 12.0 Å². The third-order valence-electron chi connectivity index (χ3n) is 2.23. The van der Waals surface area contributed by atoms with Crippen molar-refractivity contribution in [3.63, 3.8) is 0 Å². The van der Waals surface area contributed by atoms with Crippen molar-refractivity contribution >= 4 is 27.3 Å². The van der Waals surface area contributed by atoms with Crippen LogP contribution >= 0.6 is 27.3 Å². The Bertz CT molecular complexity index is 495. The summed E-state index contributed by atoms with van der Waals surface area (Å²) in [5.41, 5.74) is -0.316. The second-order valence-corrected chi connectivity index (χ2v) is 5.32. The van der Waals surface area contributed by atoms with Gasteiger partial charge in [-0.3, -0.25) is 0 Å². The third-order valence-corrected chi connectivity index (χ3v) is 3.49. The summed E-state index contributed by atoms with van der Waals surface area (Å²) in [7, 11) is 0. The molecule has 2 nitrogen and oxygen atoms in total. The van der Waals surface area contributed by atoms with Crippen LogP contribution in [-0.2, 0) is 6.42 Å². The zero-order valence-electron chi connectivity index (χ0n) is 8.53. The Labute approximate surface area is 109 Å². The summed E-state index contributed by atoms with van der Waals surface area (Å²) < 4.78 is 27.4. The van der Waals surface area contributed by atoms with Gasteiger partial charge in [0.15, 0.2) is 0 Å². The van der Waals surface area contributed by atoms with E-state index < -0.39 is 17.7 Å². The number of rotatable bonds is 3. The molecule has 6 heteroatoms. The average Bonchev–Trinajstić information content (AvgIpc) is 2.68. The van der Waals surface area contributed by atoms with E-state index in [9.17, 15) is 13.9 Å². The van der Waals surface area contributed by atoms with Crippen molar-refractivity contribution < 1.29 is 13.9 Å². The number of hydrogen-bond acceptors (Lipinski definition) is 3. The summed E-state index contributed by atoms with van der Waals surface area (Å²) in [4.78, 5) is 3.96. The van der Waals surface area contributed by atoms with E-state index in [1.54, 1.807) is 11.6 Å². The fraction of sp³-hybridized carbons (Fsp3) is 0.182. The normalized spacial score (nSPS) is 12.7. The van der Waals surface area contributed by atoms with Crippen molar-refractivity contribution in [1.29, 1.82) is 0 Å². The number of thiazole rings is 1. The molecule has 2 rings (SSSR count). The molecule has 0 spiro atoms. The van der Waals surface area contributed by atoms with Crippen LogP contribution in [0.3, 0.4) is 0 Å². The van der Waals surface area contributed by atoms with Crippen LogP contribution in [0.2, 0.25) is 0 Å². The maximum absolute atomic E-state index is 13.5. The maximum Gasteiger partial charge on any atom is 0.133 e. The number of nitrogens with zero attached hydrogens (tertiary/aromatic N) is 1. The number of aliphatic hydroxyl groups is 1. The van der Waals surface area contributed by atoms with Crippen molar-refractivity contribution in [3.8, 4) is 0 Å². The lowest BCUT2D eigenvalue weighted by molar-refractivity contribution is 0.168. The lowest BCUT2D eigenvalue weighted by atomic mass is 10.1. The molecule has 0 amide bonds. The Kier molecular flexibility index (Phi) is 3.86. The molecule has 1 unspecified atom stereocenters. The quantitative estimate of drug-likeness (QED) is 0.939.